The van der Waals surface area contributed by atoms with Crippen LogP contribution >= 0.6 is 0 Å². The van der Waals surface area contributed by atoms with Gasteiger partial charge in [-0.1, -0.05) is 5.16 Å². The van der Waals surface area contributed by atoms with Gasteiger partial charge in [-0.3, -0.25) is 19.1 Å². The highest BCUT2D eigenvalue weighted by atomic mass is 16.5. The Balaban J connectivity index is 1.61. The third-order valence-electron chi connectivity index (χ3n) is 5.17. The number of carbonyl (C=O) groups is 3. The first-order chi connectivity index (χ1) is 13.7. The van der Waals surface area contributed by atoms with Crippen LogP contribution in [0.2, 0.25) is 0 Å². The van der Waals surface area contributed by atoms with E-state index in [1.165, 1.54) is 6.26 Å². The van der Waals surface area contributed by atoms with Gasteiger partial charge in [0, 0.05) is 23.0 Å². The number of furan rings is 1. The van der Waals surface area contributed by atoms with E-state index in [2.05, 4.69) is 10.5 Å². The van der Waals surface area contributed by atoms with Crippen molar-refractivity contribution in [1.29, 1.82) is 0 Å². The van der Waals surface area contributed by atoms with Crippen LogP contribution in [-0.2, 0) is 10.3 Å². The molecular weight excluding hydrogens is 376 g/mol. The Labute approximate surface area is 166 Å². The van der Waals surface area contributed by atoms with Gasteiger partial charge >= 0.3 is 6.03 Å². The standard InChI is InChI=1S/C20H20N4O5/c1-11-8-14(13(3)24(11)17-9-12(2)29-22-17)15(25)10-23-18(26)20(4,21-19(23)27)16-6-5-7-28-16/h5-9H,10H2,1-4H3,(H,21,27)/t20-/m1/s1. The van der Waals surface area contributed by atoms with Crippen molar-refractivity contribution in [2.24, 2.45) is 0 Å². The van der Waals surface area contributed by atoms with Crippen molar-refractivity contribution in [3.8, 4) is 5.82 Å². The maximum atomic E-state index is 13.0. The molecule has 0 radical (unpaired) electrons. The van der Waals surface area contributed by atoms with Gasteiger partial charge in [0.05, 0.1) is 12.8 Å². The Bertz CT molecular complexity index is 1120. The summed E-state index contributed by atoms with van der Waals surface area (Å²) in [6, 6.07) is 6.08. The number of amides is 3. The molecule has 1 saturated heterocycles. The molecule has 4 heterocycles. The number of hydrogen-bond acceptors (Lipinski definition) is 6. The molecule has 1 aliphatic heterocycles. The molecular formula is C20H20N4O5. The van der Waals surface area contributed by atoms with E-state index in [4.69, 9.17) is 8.94 Å². The number of aromatic nitrogens is 2. The van der Waals surface area contributed by atoms with E-state index in [-0.39, 0.29) is 12.3 Å². The van der Waals surface area contributed by atoms with E-state index in [0.29, 0.717) is 28.6 Å². The second-order valence-corrected chi connectivity index (χ2v) is 7.26. The van der Waals surface area contributed by atoms with E-state index in [1.54, 1.807) is 49.6 Å². The van der Waals surface area contributed by atoms with Crippen molar-refractivity contribution < 1.29 is 23.3 Å². The number of aryl methyl sites for hydroxylation is 2. The summed E-state index contributed by atoms with van der Waals surface area (Å²) in [6.45, 7) is 6.58. The number of rotatable bonds is 5. The second kappa shape index (κ2) is 6.47. The molecule has 0 aliphatic carbocycles. The van der Waals surface area contributed by atoms with Gasteiger partial charge in [0.2, 0.25) is 0 Å². The molecule has 0 aromatic carbocycles. The maximum absolute atomic E-state index is 13.0. The summed E-state index contributed by atoms with van der Waals surface area (Å²) < 4.78 is 12.2. The Kier molecular flexibility index (Phi) is 4.18. The first-order valence-corrected chi connectivity index (χ1v) is 9.06. The molecule has 3 aromatic rings. The van der Waals surface area contributed by atoms with Crippen LogP contribution in [0.3, 0.4) is 0 Å². The number of nitrogens with one attached hydrogen (secondary N) is 1. The predicted molar refractivity (Wildman–Crippen MR) is 101 cm³/mol. The van der Waals surface area contributed by atoms with Gasteiger partial charge in [-0.15, -0.1) is 0 Å². The summed E-state index contributed by atoms with van der Waals surface area (Å²) in [5, 5.41) is 6.61. The fourth-order valence-corrected chi connectivity index (χ4v) is 3.66. The topological polar surface area (TPSA) is 111 Å². The van der Waals surface area contributed by atoms with Crippen LogP contribution in [0.4, 0.5) is 4.79 Å². The van der Waals surface area contributed by atoms with Crippen molar-refractivity contribution >= 4 is 17.7 Å². The van der Waals surface area contributed by atoms with Crippen molar-refractivity contribution in [3.05, 3.63) is 59.0 Å². The highest BCUT2D eigenvalue weighted by Gasteiger charge is 2.51. The normalized spacial score (nSPS) is 19.1. The van der Waals surface area contributed by atoms with Crippen LogP contribution in [0.5, 0.6) is 0 Å². The van der Waals surface area contributed by atoms with Crippen LogP contribution in [0, 0.1) is 20.8 Å². The van der Waals surface area contributed by atoms with Gasteiger partial charge in [0.25, 0.3) is 5.91 Å². The number of nitrogens with zero attached hydrogens (tertiary/aromatic N) is 3. The number of ketones is 1. The van der Waals surface area contributed by atoms with Gasteiger partial charge in [0.15, 0.2) is 17.1 Å². The monoisotopic (exact) mass is 396 g/mol. The van der Waals surface area contributed by atoms with E-state index in [1.807, 2.05) is 6.92 Å². The Hall–Kier alpha value is -3.62. The number of carbonyl (C=O) groups excluding carboxylic acids is 3. The highest BCUT2D eigenvalue weighted by molar-refractivity contribution is 6.11. The predicted octanol–water partition coefficient (Wildman–Crippen LogP) is 2.63. The molecule has 29 heavy (non-hydrogen) atoms. The highest BCUT2D eigenvalue weighted by Crippen LogP contribution is 2.29. The van der Waals surface area contributed by atoms with E-state index < -0.39 is 17.5 Å². The Morgan fingerprint density at radius 2 is 2.00 bits per heavy atom. The van der Waals surface area contributed by atoms with Gasteiger partial charge in [-0.25, -0.2) is 4.79 Å². The SMILES string of the molecule is Cc1cc(-n2c(C)cc(C(=O)CN3C(=O)N[C@](C)(c4ccco4)C3=O)c2C)no1. The molecule has 3 amide bonds. The van der Waals surface area contributed by atoms with Crippen LogP contribution in [0.15, 0.2) is 39.5 Å². The molecule has 1 N–H and O–H groups in total. The first-order valence-electron chi connectivity index (χ1n) is 9.06. The summed E-state index contributed by atoms with van der Waals surface area (Å²) in [4.78, 5) is 39.2. The van der Waals surface area contributed by atoms with Crippen LogP contribution in [0.25, 0.3) is 5.82 Å². The van der Waals surface area contributed by atoms with E-state index in [0.717, 1.165) is 10.6 Å². The van der Waals surface area contributed by atoms with E-state index >= 15 is 0 Å². The summed E-state index contributed by atoms with van der Waals surface area (Å²) in [5.41, 5.74) is 0.518. The maximum Gasteiger partial charge on any atom is 0.325 e. The van der Waals surface area contributed by atoms with Gasteiger partial charge in [-0.05, 0) is 45.9 Å². The lowest BCUT2D eigenvalue weighted by atomic mass is 9.99. The second-order valence-electron chi connectivity index (χ2n) is 7.26. The molecule has 0 bridgehead atoms. The van der Waals surface area contributed by atoms with Crippen LogP contribution in [-0.4, -0.2) is 38.9 Å². The van der Waals surface area contributed by atoms with Gasteiger partial charge in [0.1, 0.15) is 11.5 Å². The lowest BCUT2D eigenvalue weighted by Gasteiger charge is -2.18. The zero-order chi connectivity index (χ0) is 20.9. The Morgan fingerprint density at radius 1 is 1.24 bits per heavy atom. The summed E-state index contributed by atoms with van der Waals surface area (Å²) in [5.74, 6) is 0.641. The average Bonchev–Trinajstić information content (AvgIpc) is 3.42. The molecule has 0 spiro atoms. The molecule has 1 fully saturated rings. The smallest absolute Gasteiger partial charge is 0.325 e. The zero-order valence-corrected chi connectivity index (χ0v) is 16.5. The number of urea groups is 1. The molecule has 4 rings (SSSR count). The molecule has 9 nitrogen and oxygen atoms in total. The fourth-order valence-electron chi connectivity index (χ4n) is 3.66. The quantitative estimate of drug-likeness (QED) is 0.524. The molecule has 1 atom stereocenters. The summed E-state index contributed by atoms with van der Waals surface area (Å²) in [7, 11) is 0. The minimum Gasteiger partial charge on any atom is -0.466 e. The van der Waals surface area contributed by atoms with Crippen molar-refractivity contribution in [2.75, 3.05) is 6.54 Å². The van der Waals surface area contributed by atoms with Crippen molar-refractivity contribution in [1.82, 2.24) is 19.9 Å². The Morgan fingerprint density at radius 3 is 2.62 bits per heavy atom. The zero-order valence-electron chi connectivity index (χ0n) is 16.5. The molecule has 3 aromatic heterocycles. The van der Waals surface area contributed by atoms with Crippen LogP contribution in [0.1, 0.15) is 40.2 Å². The molecule has 150 valence electrons. The van der Waals surface area contributed by atoms with E-state index in [9.17, 15) is 14.4 Å². The van der Waals surface area contributed by atoms with Crippen molar-refractivity contribution in [2.45, 2.75) is 33.2 Å². The number of Topliss-reactive ketones (excluding diaryl/α,β-unsaturated/α-hetero) is 1. The number of imide groups is 1. The lowest BCUT2D eigenvalue weighted by molar-refractivity contribution is -0.131. The van der Waals surface area contributed by atoms with Crippen molar-refractivity contribution in [3.63, 3.8) is 0 Å². The molecule has 1 aliphatic rings. The molecule has 9 heteroatoms. The van der Waals surface area contributed by atoms with Crippen LogP contribution < -0.4 is 5.32 Å². The third kappa shape index (κ3) is 2.86. The fraction of sp³-hybridized carbons (Fsp3) is 0.300. The minimum atomic E-state index is -1.34. The summed E-state index contributed by atoms with van der Waals surface area (Å²) >= 11 is 0. The van der Waals surface area contributed by atoms with Gasteiger partial charge in [-0.2, -0.15) is 0 Å². The number of hydrogen-bond donors (Lipinski definition) is 1. The molecule has 0 saturated carbocycles. The minimum absolute atomic E-state index is 0.311. The lowest BCUT2D eigenvalue weighted by Crippen LogP contribution is -2.41. The third-order valence-corrected chi connectivity index (χ3v) is 5.17. The summed E-state index contributed by atoms with van der Waals surface area (Å²) in [6.07, 6.45) is 1.42. The average molecular weight is 396 g/mol. The van der Waals surface area contributed by atoms with Gasteiger partial charge < -0.3 is 14.3 Å². The first kappa shape index (κ1) is 18.7. The largest absolute Gasteiger partial charge is 0.466 e. The molecule has 0 unspecified atom stereocenters.